The summed E-state index contributed by atoms with van der Waals surface area (Å²) in [4.78, 5) is 26.9. The van der Waals surface area contributed by atoms with Crippen LogP contribution in [-0.2, 0) is 14.3 Å². The van der Waals surface area contributed by atoms with Crippen molar-refractivity contribution in [3.8, 4) is 11.5 Å². The Labute approximate surface area is 175 Å². The zero-order valence-corrected chi connectivity index (χ0v) is 16.8. The van der Waals surface area contributed by atoms with Gasteiger partial charge < -0.3 is 24.8 Å². The number of benzene rings is 2. The minimum absolute atomic E-state index is 0.112. The molecule has 8 nitrogen and oxygen atoms in total. The molecule has 4 rings (SSSR count). The largest absolute Gasteiger partial charge is 0.454 e. The van der Waals surface area contributed by atoms with Crippen LogP contribution in [0.4, 0.5) is 5.69 Å². The maximum Gasteiger partial charge on any atom is 0.313 e. The first-order chi connectivity index (χ1) is 14.6. The fourth-order valence-electron chi connectivity index (χ4n) is 3.56. The summed E-state index contributed by atoms with van der Waals surface area (Å²) in [6.45, 7) is 5.19. The molecule has 158 valence electrons. The Morgan fingerprint density at radius 3 is 2.50 bits per heavy atom. The molecular formula is C22H25N3O5. The first kappa shape index (κ1) is 20.2. The Morgan fingerprint density at radius 1 is 1.00 bits per heavy atom. The molecule has 0 bridgehead atoms. The van der Waals surface area contributed by atoms with Gasteiger partial charge in [-0.15, -0.1) is 0 Å². The number of carbonyl (C=O) groups excluding carboxylic acids is 2. The number of morpholine rings is 1. The van der Waals surface area contributed by atoms with Gasteiger partial charge >= 0.3 is 11.8 Å². The second-order valence-corrected chi connectivity index (χ2v) is 7.31. The standard InChI is InChI=1S/C22H25N3O5/c1-15-2-5-17(6-3-15)24-22(27)21(26)23-13-18(25-8-10-28-11-9-25)16-4-7-19-20(12-16)30-14-29-19/h2-7,12,18H,8-11,13-14H2,1H3,(H,23,26)(H,24,27)/t18-/m1/s1. The van der Waals surface area contributed by atoms with Crippen LogP contribution in [0.1, 0.15) is 17.2 Å². The molecule has 0 aliphatic carbocycles. The van der Waals surface area contributed by atoms with E-state index in [1.54, 1.807) is 12.1 Å². The summed E-state index contributed by atoms with van der Waals surface area (Å²) in [5.41, 5.74) is 2.65. The minimum Gasteiger partial charge on any atom is -0.454 e. The molecule has 2 amide bonds. The number of ether oxygens (including phenoxy) is 3. The first-order valence-electron chi connectivity index (χ1n) is 9.97. The van der Waals surface area contributed by atoms with Crippen LogP contribution in [-0.4, -0.2) is 56.4 Å². The van der Waals surface area contributed by atoms with E-state index >= 15 is 0 Å². The Hall–Kier alpha value is -3.10. The van der Waals surface area contributed by atoms with E-state index in [0.29, 0.717) is 36.9 Å². The molecule has 30 heavy (non-hydrogen) atoms. The number of hydrogen-bond donors (Lipinski definition) is 2. The summed E-state index contributed by atoms with van der Waals surface area (Å²) in [6, 6.07) is 12.9. The van der Waals surface area contributed by atoms with E-state index in [-0.39, 0.29) is 12.8 Å². The third-order valence-corrected chi connectivity index (χ3v) is 5.24. The van der Waals surface area contributed by atoms with Gasteiger partial charge in [-0.05, 0) is 36.8 Å². The molecule has 0 saturated carbocycles. The molecular weight excluding hydrogens is 386 g/mol. The fraction of sp³-hybridized carbons (Fsp3) is 0.364. The Kier molecular flexibility index (Phi) is 6.15. The molecule has 2 heterocycles. The summed E-state index contributed by atoms with van der Waals surface area (Å²) >= 11 is 0. The molecule has 0 spiro atoms. The van der Waals surface area contributed by atoms with Gasteiger partial charge in [-0.3, -0.25) is 14.5 Å². The Balaban J connectivity index is 1.43. The van der Waals surface area contributed by atoms with Crippen molar-refractivity contribution >= 4 is 17.5 Å². The van der Waals surface area contributed by atoms with Gasteiger partial charge in [0.2, 0.25) is 6.79 Å². The number of carbonyl (C=O) groups is 2. The van der Waals surface area contributed by atoms with Crippen molar-refractivity contribution < 1.29 is 23.8 Å². The summed E-state index contributed by atoms with van der Waals surface area (Å²) in [5.74, 6) is 0.0371. The van der Waals surface area contributed by atoms with Crippen LogP contribution in [0, 0.1) is 6.92 Å². The average molecular weight is 411 g/mol. The van der Waals surface area contributed by atoms with Gasteiger partial charge in [0.25, 0.3) is 0 Å². The van der Waals surface area contributed by atoms with E-state index in [2.05, 4.69) is 15.5 Å². The molecule has 0 aromatic heterocycles. The topological polar surface area (TPSA) is 89.1 Å². The lowest BCUT2D eigenvalue weighted by atomic mass is 10.0. The highest BCUT2D eigenvalue weighted by Crippen LogP contribution is 2.35. The number of nitrogens with zero attached hydrogens (tertiary/aromatic N) is 1. The summed E-state index contributed by atoms with van der Waals surface area (Å²) in [6.07, 6.45) is 0. The van der Waals surface area contributed by atoms with E-state index in [9.17, 15) is 9.59 Å². The number of aryl methyl sites for hydroxylation is 1. The zero-order chi connectivity index (χ0) is 20.9. The third-order valence-electron chi connectivity index (χ3n) is 5.24. The van der Waals surface area contributed by atoms with Gasteiger partial charge in [0.1, 0.15) is 0 Å². The molecule has 1 atom stereocenters. The normalized spacial score (nSPS) is 16.7. The fourth-order valence-corrected chi connectivity index (χ4v) is 3.56. The minimum atomic E-state index is -0.690. The van der Waals surface area contributed by atoms with Gasteiger partial charge in [-0.25, -0.2) is 0 Å². The van der Waals surface area contributed by atoms with Crippen LogP contribution >= 0.6 is 0 Å². The molecule has 2 aromatic carbocycles. The molecule has 2 N–H and O–H groups in total. The van der Waals surface area contributed by atoms with Crippen molar-refractivity contribution in [3.63, 3.8) is 0 Å². The highest BCUT2D eigenvalue weighted by Gasteiger charge is 2.26. The maximum absolute atomic E-state index is 12.4. The zero-order valence-electron chi connectivity index (χ0n) is 16.8. The average Bonchev–Trinajstić information content (AvgIpc) is 3.24. The van der Waals surface area contributed by atoms with Gasteiger partial charge in [-0.1, -0.05) is 23.8 Å². The third kappa shape index (κ3) is 4.72. The van der Waals surface area contributed by atoms with Gasteiger partial charge in [-0.2, -0.15) is 0 Å². The number of nitrogens with one attached hydrogen (secondary N) is 2. The van der Waals surface area contributed by atoms with Crippen LogP contribution in [0.15, 0.2) is 42.5 Å². The van der Waals surface area contributed by atoms with Crippen LogP contribution in [0.3, 0.4) is 0 Å². The number of anilines is 1. The quantitative estimate of drug-likeness (QED) is 0.730. The van der Waals surface area contributed by atoms with Crippen molar-refractivity contribution in [2.45, 2.75) is 13.0 Å². The number of rotatable bonds is 5. The van der Waals surface area contributed by atoms with Crippen molar-refractivity contribution in [2.75, 3.05) is 45.0 Å². The predicted molar refractivity (Wildman–Crippen MR) is 111 cm³/mol. The highest BCUT2D eigenvalue weighted by molar-refractivity contribution is 6.39. The number of amides is 2. The smallest absolute Gasteiger partial charge is 0.313 e. The van der Waals surface area contributed by atoms with Crippen LogP contribution in [0.25, 0.3) is 0 Å². The van der Waals surface area contributed by atoms with E-state index in [1.807, 2.05) is 37.3 Å². The van der Waals surface area contributed by atoms with Crippen molar-refractivity contribution in [2.24, 2.45) is 0 Å². The van der Waals surface area contributed by atoms with E-state index in [1.165, 1.54) is 0 Å². The molecule has 1 saturated heterocycles. The van der Waals surface area contributed by atoms with Gasteiger partial charge in [0.05, 0.1) is 19.3 Å². The lowest BCUT2D eigenvalue weighted by Gasteiger charge is -2.34. The Bertz CT molecular complexity index is 909. The molecule has 2 aliphatic heterocycles. The SMILES string of the molecule is Cc1ccc(NC(=O)C(=O)NC[C@H](c2ccc3c(c2)OCO3)N2CCOCC2)cc1. The second-order valence-electron chi connectivity index (χ2n) is 7.31. The van der Waals surface area contributed by atoms with Gasteiger partial charge in [0.15, 0.2) is 11.5 Å². The van der Waals surface area contributed by atoms with Gasteiger partial charge in [0, 0.05) is 25.3 Å². The molecule has 8 heteroatoms. The Morgan fingerprint density at radius 2 is 1.73 bits per heavy atom. The van der Waals surface area contributed by atoms with Crippen LogP contribution in [0.5, 0.6) is 11.5 Å². The van der Waals surface area contributed by atoms with Crippen molar-refractivity contribution in [1.29, 1.82) is 0 Å². The second kappa shape index (κ2) is 9.15. The van der Waals surface area contributed by atoms with Crippen LogP contribution in [0.2, 0.25) is 0 Å². The lowest BCUT2D eigenvalue weighted by Crippen LogP contribution is -2.45. The first-order valence-corrected chi connectivity index (χ1v) is 9.97. The van der Waals surface area contributed by atoms with E-state index in [0.717, 1.165) is 24.2 Å². The molecule has 0 radical (unpaired) electrons. The summed E-state index contributed by atoms with van der Waals surface area (Å²) in [5, 5.41) is 5.40. The molecule has 2 aromatic rings. The maximum atomic E-state index is 12.4. The van der Waals surface area contributed by atoms with Crippen LogP contribution < -0.4 is 20.1 Å². The highest BCUT2D eigenvalue weighted by atomic mass is 16.7. The monoisotopic (exact) mass is 411 g/mol. The molecule has 1 fully saturated rings. The van der Waals surface area contributed by atoms with Crippen molar-refractivity contribution in [1.82, 2.24) is 10.2 Å². The summed E-state index contributed by atoms with van der Waals surface area (Å²) < 4.78 is 16.4. The molecule has 0 unspecified atom stereocenters. The number of fused-ring (bicyclic) bond motifs is 1. The number of hydrogen-bond acceptors (Lipinski definition) is 6. The molecule has 2 aliphatic rings. The predicted octanol–water partition coefficient (Wildman–Crippen LogP) is 1.85. The van der Waals surface area contributed by atoms with Crippen molar-refractivity contribution in [3.05, 3.63) is 53.6 Å². The van der Waals surface area contributed by atoms with E-state index < -0.39 is 11.8 Å². The van der Waals surface area contributed by atoms with E-state index in [4.69, 9.17) is 14.2 Å². The lowest BCUT2D eigenvalue weighted by molar-refractivity contribution is -0.136. The summed E-state index contributed by atoms with van der Waals surface area (Å²) in [7, 11) is 0.